The summed E-state index contributed by atoms with van der Waals surface area (Å²) >= 11 is 0. The molecule has 0 saturated carbocycles. The zero-order valence-electron chi connectivity index (χ0n) is 15.8. The third kappa shape index (κ3) is 4.28. The molecule has 0 aliphatic heterocycles. The van der Waals surface area contributed by atoms with Crippen molar-refractivity contribution in [1.82, 2.24) is 0 Å². The maximum absolute atomic E-state index is 14.1. The maximum Gasteiger partial charge on any atom is 0.166 e. The number of aryl methyl sites for hydroxylation is 1. The number of benzene rings is 3. The zero-order chi connectivity index (χ0) is 20.1. The molecule has 0 amide bonds. The van der Waals surface area contributed by atoms with E-state index in [-0.39, 0.29) is 11.3 Å². The Bertz CT molecular complexity index is 991. The van der Waals surface area contributed by atoms with E-state index < -0.39 is 17.5 Å². The van der Waals surface area contributed by atoms with Gasteiger partial charge in [-0.1, -0.05) is 61.5 Å². The molecule has 144 valence electrons. The monoisotopic (exact) mass is 382 g/mol. The number of hydrogen-bond donors (Lipinski definition) is 0. The highest BCUT2D eigenvalue weighted by atomic mass is 19.2. The van der Waals surface area contributed by atoms with Gasteiger partial charge in [0.25, 0.3) is 0 Å². The van der Waals surface area contributed by atoms with Crippen LogP contribution < -0.4 is 4.74 Å². The van der Waals surface area contributed by atoms with Gasteiger partial charge in [0.2, 0.25) is 0 Å². The predicted octanol–water partition coefficient (Wildman–Crippen LogP) is 6.90. The van der Waals surface area contributed by atoms with Crippen LogP contribution in [0.1, 0.15) is 30.5 Å². The van der Waals surface area contributed by atoms with Crippen molar-refractivity contribution < 1.29 is 17.9 Å². The van der Waals surface area contributed by atoms with Crippen LogP contribution in [0.4, 0.5) is 13.2 Å². The number of ether oxygens (including phenoxy) is 1. The van der Waals surface area contributed by atoms with E-state index in [1.807, 2.05) is 24.3 Å². The summed E-state index contributed by atoms with van der Waals surface area (Å²) < 4.78 is 47.2. The molecule has 0 unspecified atom stereocenters. The van der Waals surface area contributed by atoms with Crippen molar-refractivity contribution >= 4 is 12.2 Å². The normalized spacial score (nSPS) is 11.2. The molecule has 0 bridgehead atoms. The fraction of sp³-hybridized carbons (Fsp3) is 0.167. The van der Waals surface area contributed by atoms with Crippen LogP contribution in [0, 0.1) is 17.5 Å². The molecule has 3 aromatic rings. The van der Waals surface area contributed by atoms with Crippen LogP contribution in [0.15, 0.2) is 54.6 Å². The molecule has 0 fully saturated rings. The Labute approximate surface area is 163 Å². The summed E-state index contributed by atoms with van der Waals surface area (Å²) in [5, 5.41) is 0. The van der Waals surface area contributed by atoms with Crippen molar-refractivity contribution in [2.24, 2.45) is 0 Å². The van der Waals surface area contributed by atoms with Crippen molar-refractivity contribution in [3.8, 4) is 16.9 Å². The molecule has 3 aromatic carbocycles. The van der Waals surface area contributed by atoms with E-state index in [0.717, 1.165) is 16.7 Å². The van der Waals surface area contributed by atoms with E-state index in [9.17, 15) is 13.2 Å². The van der Waals surface area contributed by atoms with Gasteiger partial charge in [-0.05, 0) is 47.7 Å². The summed E-state index contributed by atoms with van der Waals surface area (Å²) in [5.41, 5.74) is 2.98. The van der Waals surface area contributed by atoms with Gasteiger partial charge < -0.3 is 4.74 Å². The first kappa shape index (κ1) is 19.7. The average molecular weight is 382 g/mol. The molecule has 0 atom stereocenters. The SMILES string of the molecule is CCOc1ccc(-c2ccc(C=Cc3ccc(CC)c(F)c3F)cc2)cc1F. The molecule has 0 radical (unpaired) electrons. The molecule has 0 heterocycles. The van der Waals surface area contributed by atoms with Crippen molar-refractivity contribution in [3.63, 3.8) is 0 Å². The highest BCUT2D eigenvalue weighted by Gasteiger charge is 2.10. The Kier molecular flexibility index (Phi) is 6.19. The van der Waals surface area contributed by atoms with Gasteiger partial charge in [0, 0.05) is 5.56 Å². The van der Waals surface area contributed by atoms with Crippen molar-refractivity contribution in [1.29, 1.82) is 0 Å². The molecular formula is C24H21F3O. The molecule has 3 rings (SSSR count). The molecule has 1 nitrogen and oxygen atoms in total. The largest absolute Gasteiger partial charge is 0.491 e. The first-order valence-electron chi connectivity index (χ1n) is 9.21. The van der Waals surface area contributed by atoms with E-state index in [4.69, 9.17) is 4.74 Å². The van der Waals surface area contributed by atoms with Gasteiger partial charge in [-0.25, -0.2) is 13.2 Å². The Morgan fingerprint density at radius 1 is 0.786 bits per heavy atom. The quantitative estimate of drug-likeness (QED) is 0.421. The standard InChI is InChI=1S/C24H21F3O/c1-3-17-11-12-19(24(27)23(17)26)10-7-16-5-8-18(9-6-16)20-13-14-22(28-4-2)21(25)15-20/h5-15H,3-4H2,1-2H3. The highest BCUT2D eigenvalue weighted by Crippen LogP contribution is 2.26. The summed E-state index contributed by atoms with van der Waals surface area (Å²) in [6.45, 7) is 3.99. The van der Waals surface area contributed by atoms with Crippen LogP contribution in [0.3, 0.4) is 0 Å². The third-order valence-electron chi connectivity index (χ3n) is 4.50. The Hall–Kier alpha value is -3.01. The number of rotatable bonds is 6. The second-order valence-electron chi connectivity index (χ2n) is 6.33. The fourth-order valence-electron chi connectivity index (χ4n) is 2.93. The predicted molar refractivity (Wildman–Crippen MR) is 108 cm³/mol. The second kappa shape index (κ2) is 8.79. The van der Waals surface area contributed by atoms with Crippen LogP contribution in [-0.4, -0.2) is 6.61 Å². The topological polar surface area (TPSA) is 9.23 Å². The third-order valence-corrected chi connectivity index (χ3v) is 4.50. The summed E-state index contributed by atoms with van der Waals surface area (Å²) in [6.07, 6.45) is 3.70. The Morgan fingerprint density at radius 2 is 1.50 bits per heavy atom. The first-order chi connectivity index (χ1) is 13.5. The lowest BCUT2D eigenvalue weighted by molar-refractivity contribution is 0.321. The van der Waals surface area contributed by atoms with Crippen molar-refractivity contribution in [3.05, 3.63) is 88.7 Å². The van der Waals surface area contributed by atoms with Gasteiger partial charge in [-0.15, -0.1) is 0 Å². The highest BCUT2D eigenvalue weighted by molar-refractivity contribution is 5.72. The minimum atomic E-state index is -0.836. The number of halogens is 3. The zero-order valence-corrected chi connectivity index (χ0v) is 15.8. The molecule has 28 heavy (non-hydrogen) atoms. The van der Waals surface area contributed by atoms with Crippen molar-refractivity contribution in [2.75, 3.05) is 6.61 Å². The van der Waals surface area contributed by atoms with Gasteiger partial charge in [-0.3, -0.25) is 0 Å². The van der Waals surface area contributed by atoms with Gasteiger partial charge in [-0.2, -0.15) is 0 Å². The molecule has 4 heteroatoms. The summed E-state index contributed by atoms with van der Waals surface area (Å²) in [7, 11) is 0. The van der Waals surface area contributed by atoms with Gasteiger partial charge in [0.05, 0.1) is 6.61 Å². The van der Waals surface area contributed by atoms with Gasteiger partial charge in [0.15, 0.2) is 23.2 Å². The molecule has 0 aromatic heterocycles. The fourth-order valence-corrected chi connectivity index (χ4v) is 2.93. The summed E-state index contributed by atoms with van der Waals surface area (Å²) in [4.78, 5) is 0. The minimum absolute atomic E-state index is 0.201. The van der Waals surface area contributed by atoms with E-state index in [1.54, 1.807) is 50.3 Å². The van der Waals surface area contributed by atoms with E-state index in [1.165, 1.54) is 6.07 Å². The molecule has 0 aliphatic carbocycles. The van der Waals surface area contributed by atoms with Crippen molar-refractivity contribution in [2.45, 2.75) is 20.3 Å². The van der Waals surface area contributed by atoms with E-state index in [2.05, 4.69) is 0 Å². The van der Waals surface area contributed by atoms with Crippen LogP contribution in [-0.2, 0) is 6.42 Å². The molecule has 0 saturated heterocycles. The van der Waals surface area contributed by atoms with Crippen LogP contribution in [0.25, 0.3) is 23.3 Å². The smallest absolute Gasteiger partial charge is 0.166 e. The first-order valence-corrected chi connectivity index (χ1v) is 9.21. The molecule has 0 spiro atoms. The lowest BCUT2D eigenvalue weighted by Gasteiger charge is -2.07. The average Bonchev–Trinajstić information content (AvgIpc) is 2.71. The lowest BCUT2D eigenvalue weighted by atomic mass is 10.0. The maximum atomic E-state index is 14.1. The second-order valence-corrected chi connectivity index (χ2v) is 6.33. The van der Waals surface area contributed by atoms with E-state index in [0.29, 0.717) is 18.6 Å². The Morgan fingerprint density at radius 3 is 2.14 bits per heavy atom. The minimum Gasteiger partial charge on any atom is -0.491 e. The lowest BCUT2D eigenvalue weighted by Crippen LogP contribution is -1.95. The van der Waals surface area contributed by atoms with E-state index >= 15 is 0 Å². The molecular weight excluding hydrogens is 361 g/mol. The van der Waals surface area contributed by atoms with Gasteiger partial charge in [0.1, 0.15) is 0 Å². The molecule has 0 aliphatic rings. The van der Waals surface area contributed by atoms with Crippen LogP contribution in [0.2, 0.25) is 0 Å². The van der Waals surface area contributed by atoms with Crippen LogP contribution in [0.5, 0.6) is 5.75 Å². The summed E-state index contributed by atoms with van der Waals surface area (Å²) in [5.74, 6) is -1.81. The van der Waals surface area contributed by atoms with Gasteiger partial charge >= 0.3 is 0 Å². The number of hydrogen-bond acceptors (Lipinski definition) is 1. The summed E-state index contributed by atoms with van der Waals surface area (Å²) in [6, 6.07) is 15.4. The Balaban J connectivity index is 1.79. The molecule has 0 N–H and O–H groups in total. The van der Waals surface area contributed by atoms with Crippen LogP contribution >= 0.6 is 0 Å².